The van der Waals surface area contributed by atoms with Crippen molar-refractivity contribution in [2.75, 3.05) is 7.11 Å². The second-order valence-corrected chi connectivity index (χ2v) is 4.62. The Balaban J connectivity index is 2.02. The fraction of sp³-hybridized carbons (Fsp3) is 0.250. The quantitative estimate of drug-likeness (QED) is 0.897. The maximum absolute atomic E-state index is 13.6. The molecule has 0 aliphatic carbocycles. The van der Waals surface area contributed by atoms with Crippen LogP contribution in [0.2, 0.25) is 0 Å². The molecule has 2 nitrogen and oxygen atoms in total. The lowest BCUT2D eigenvalue weighted by Crippen LogP contribution is -2.19. The highest BCUT2D eigenvalue weighted by Crippen LogP contribution is 2.19. The lowest BCUT2D eigenvalue weighted by molar-refractivity contribution is 0.413. The van der Waals surface area contributed by atoms with Gasteiger partial charge < -0.3 is 10.1 Å². The van der Waals surface area contributed by atoms with Gasteiger partial charge in [-0.3, -0.25) is 0 Å². The fourth-order valence-electron chi connectivity index (χ4n) is 2.02. The van der Waals surface area contributed by atoms with E-state index in [2.05, 4.69) is 5.32 Å². The van der Waals surface area contributed by atoms with Crippen molar-refractivity contribution in [3.05, 3.63) is 65.2 Å². The van der Waals surface area contributed by atoms with Gasteiger partial charge in [0.05, 0.1) is 7.11 Å². The van der Waals surface area contributed by atoms with E-state index in [1.54, 1.807) is 7.11 Å². The third-order valence-corrected chi connectivity index (χ3v) is 3.18. The average molecular weight is 277 g/mol. The van der Waals surface area contributed by atoms with Crippen molar-refractivity contribution in [2.45, 2.75) is 19.5 Å². The number of rotatable bonds is 5. The lowest BCUT2D eigenvalue weighted by atomic mass is 10.1. The topological polar surface area (TPSA) is 21.3 Å². The monoisotopic (exact) mass is 277 g/mol. The van der Waals surface area contributed by atoms with Gasteiger partial charge in [-0.05, 0) is 30.7 Å². The minimum atomic E-state index is -0.564. The number of benzene rings is 2. The highest BCUT2D eigenvalue weighted by Gasteiger charge is 2.11. The first kappa shape index (κ1) is 14.5. The van der Waals surface area contributed by atoms with E-state index in [9.17, 15) is 8.78 Å². The molecule has 1 unspecified atom stereocenters. The van der Waals surface area contributed by atoms with Crippen LogP contribution in [0.15, 0.2) is 42.5 Å². The third kappa shape index (κ3) is 3.54. The van der Waals surface area contributed by atoms with Crippen molar-refractivity contribution >= 4 is 0 Å². The van der Waals surface area contributed by atoms with Gasteiger partial charge in [-0.2, -0.15) is 0 Å². The fourth-order valence-corrected chi connectivity index (χ4v) is 2.02. The Morgan fingerprint density at radius 3 is 2.65 bits per heavy atom. The standard InChI is InChI=1S/C16H17F2NO/c1-11(15-7-6-13(17)9-16(15)18)19-10-12-4-3-5-14(8-12)20-2/h3-9,11,19H,10H2,1-2H3. The maximum atomic E-state index is 13.6. The Hall–Kier alpha value is -1.94. The molecule has 106 valence electrons. The number of hydrogen-bond donors (Lipinski definition) is 1. The van der Waals surface area contributed by atoms with Crippen LogP contribution in [-0.4, -0.2) is 7.11 Å². The van der Waals surface area contributed by atoms with Crippen LogP contribution in [0.3, 0.4) is 0 Å². The first-order chi connectivity index (χ1) is 9.60. The smallest absolute Gasteiger partial charge is 0.130 e. The van der Waals surface area contributed by atoms with E-state index in [0.717, 1.165) is 17.4 Å². The minimum absolute atomic E-state index is 0.207. The molecule has 1 atom stereocenters. The minimum Gasteiger partial charge on any atom is -0.497 e. The van der Waals surface area contributed by atoms with Crippen LogP contribution in [0.25, 0.3) is 0 Å². The summed E-state index contributed by atoms with van der Waals surface area (Å²) in [7, 11) is 1.61. The first-order valence-electron chi connectivity index (χ1n) is 6.41. The number of hydrogen-bond acceptors (Lipinski definition) is 2. The van der Waals surface area contributed by atoms with E-state index < -0.39 is 11.6 Å². The second kappa shape index (κ2) is 6.48. The average Bonchev–Trinajstić information content (AvgIpc) is 2.45. The molecule has 1 N–H and O–H groups in total. The predicted molar refractivity (Wildman–Crippen MR) is 74.6 cm³/mol. The molecular formula is C16H17F2NO. The summed E-state index contributed by atoms with van der Waals surface area (Å²) in [6.45, 7) is 2.42. The Kier molecular flexibility index (Phi) is 4.69. The largest absolute Gasteiger partial charge is 0.497 e. The summed E-state index contributed by atoms with van der Waals surface area (Å²) in [5, 5.41) is 3.21. The molecule has 2 rings (SSSR count). The van der Waals surface area contributed by atoms with Crippen molar-refractivity contribution < 1.29 is 13.5 Å². The van der Waals surface area contributed by atoms with Gasteiger partial charge in [0.15, 0.2) is 0 Å². The van der Waals surface area contributed by atoms with E-state index in [4.69, 9.17) is 4.74 Å². The molecule has 2 aromatic carbocycles. The SMILES string of the molecule is COc1cccc(CNC(C)c2ccc(F)cc2F)c1. The van der Waals surface area contributed by atoms with Crippen molar-refractivity contribution in [2.24, 2.45) is 0 Å². The molecule has 2 aromatic rings. The van der Waals surface area contributed by atoms with Gasteiger partial charge in [0, 0.05) is 24.2 Å². The molecule has 20 heavy (non-hydrogen) atoms. The second-order valence-electron chi connectivity index (χ2n) is 4.62. The van der Waals surface area contributed by atoms with Crippen molar-refractivity contribution in [1.29, 1.82) is 0 Å². The Bertz CT molecular complexity index is 586. The molecule has 0 aliphatic rings. The molecule has 0 amide bonds. The molecule has 4 heteroatoms. The van der Waals surface area contributed by atoms with Crippen LogP contribution < -0.4 is 10.1 Å². The van der Waals surface area contributed by atoms with Crippen LogP contribution in [0.1, 0.15) is 24.1 Å². The molecular weight excluding hydrogens is 260 g/mol. The molecule has 0 heterocycles. The van der Waals surface area contributed by atoms with Crippen LogP contribution in [0, 0.1) is 11.6 Å². The van der Waals surface area contributed by atoms with Gasteiger partial charge in [0.2, 0.25) is 0 Å². The zero-order chi connectivity index (χ0) is 14.5. The molecule has 0 aromatic heterocycles. The number of nitrogens with one attached hydrogen (secondary N) is 1. The van der Waals surface area contributed by atoms with Crippen molar-refractivity contribution in [3.8, 4) is 5.75 Å². The third-order valence-electron chi connectivity index (χ3n) is 3.18. The summed E-state index contributed by atoms with van der Waals surface area (Å²) in [4.78, 5) is 0. The Labute approximate surface area is 117 Å². The predicted octanol–water partition coefficient (Wildman–Crippen LogP) is 3.82. The zero-order valence-electron chi connectivity index (χ0n) is 11.5. The summed E-state index contributed by atoms with van der Waals surface area (Å²) in [5.41, 5.74) is 1.49. The molecule has 0 saturated heterocycles. The van der Waals surface area contributed by atoms with E-state index >= 15 is 0 Å². The van der Waals surface area contributed by atoms with Gasteiger partial charge >= 0.3 is 0 Å². The van der Waals surface area contributed by atoms with Gasteiger partial charge in [0.25, 0.3) is 0 Å². The van der Waals surface area contributed by atoms with E-state index in [-0.39, 0.29) is 6.04 Å². The number of methoxy groups -OCH3 is 1. The van der Waals surface area contributed by atoms with Crippen LogP contribution in [0.4, 0.5) is 8.78 Å². The summed E-state index contributed by atoms with van der Waals surface area (Å²) >= 11 is 0. The molecule has 0 aliphatic heterocycles. The normalized spacial score (nSPS) is 12.2. The van der Waals surface area contributed by atoms with E-state index in [1.165, 1.54) is 12.1 Å². The zero-order valence-corrected chi connectivity index (χ0v) is 11.5. The molecule has 0 saturated carbocycles. The lowest BCUT2D eigenvalue weighted by Gasteiger charge is -2.15. The molecule has 0 fully saturated rings. The molecule has 0 bridgehead atoms. The van der Waals surface area contributed by atoms with E-state index in [0.29, 0.717) is 12.1 Å². The van der Waals surface area contributed by atoms with E-state index in [1.807, 2.05) is 31.2 Å². The molecule has 0 spiro atoms. The summed E-state index contributed by atoms with van der Waals surface area (Å²) in [6.07, 6.45) is 0. The number of halogens is 2. The van der Waals surface area contributed by atoms with Crippen LogP contribution in [0.5, 0.6) is 5.75 Å². The van der Waals surface area contributed by atoms with Gasteiger partial charge in [-0.25, -0.2) is 8.78 Å². The Morgan fingerprint density at radius 2 is 1.95 bits per heavy atom. The summed E-state index contributed by atoms with van der Waals surface area (Å²) in [6, 6.07) is 11.1. The van der Waals surface area contributed by atoms with Crippen molar-refractivity contribution in [3.63, 3.8) is 0 Å². The van der Waals surface area contributed by atoms with Crippen molar-refractivity contribution in [1.82, 2.24) is 5.32 Å². The summed E-state index contributed by atoms with van der Waals surface area (Å²) in [5.74, 6) is -0.313. The molecule has 0 radical (unpaired) electrons. The number of ether oxygens (including phenoxy) is 1. The van der Waals surface area contributed by atoms with Gasteiger partial charge in [-0.15, -0.1) is 0 Å². The van der Waals surface area contributed by atoms with Gasteiger partial charge in [0.1, 0.15) is 17.4 Å². The first-order valence-corrected chi connectivity index (χ1v) is 6.41. The maximum Gasteiger partial charge on any atom is 0.130 e. The highest BCUT2D eigenvalue weighted by atomic mass is 19.1. The van der Waals surface area contributed by atoms with Gasteiger partial charge in [-0.1, -0.05) is 18.2 Å². The van der Waals surface area contributed by atoms with Crippen LogP contribution >= 0.6 is 0 Å². The highest BCUT2D eigenvalue weighted by molar-refractivity contribution is 5.28. The Morgan fingerprint density at radius 1 is 1.15 bits per heavy atom. The summed E-state index contributed by atoms with van der Waals surface area (Å²) < 4.78 is 31.7. The van der Waals surface area contributed by atoms with Crippen LogP contribution in [-0.2, 0) is 6.54 Å².